The molecule has 0 aliphatic carbocycles. The van der Waals surface area contributed by atoms with Gasteiger partial charge in [-0.05, 0) is 172 Å². The van der Waals surface area contributed by atoms with Gasteiger partial charge in [0.05, 0.1) is 47.7 Å². The number of allylic oxidation sites excluding steroid dienone is 1. The molecule has 29 nitrogen and oxygen atoms in total. The summed E-state index contributed by atoms with van der Waals surface area (Å²) in [7, 11) is 6.42. The number of likely N-dealkylation sites (N-methyl/N-ethyl adjacent to an activating group) is 3. The van der Waals surface area contributed by atoms with E-state index in [9.17, 15) is 14.4 Å². The van der Waals surface area contributed by atoms with Crippen LogP contribution < -0.4 is 43.6 Å². The van der Waals surface area contributed by atoms with Crippen LogP contribution in [0.3, 0.4) is 0 Å². The molecule has 9 aliphatic heterocycles. The molecular weight excluding hydrogens is 1660 g/mol. The van der Waals surface area contributed by atoms with Crippen LogP contribution in [0.25, 0.3) is 47.1 Å². The van der Waals surface area contributed by atoms with Gasteiger partial charge in [0.2, 0.25) is 37.4 Å². The third-order valence-electron chi connectivity index (χ3n) is 26.1. The molecule has 5 aromatic heterocycles. The number of aromatic nitrogens is 8. The number of anilines is 6. The van der Waals surface area contributed by atoms with Gasteiger partial charge in [-0.3, -0.25) is 24.4 Å². The van der Waals surface area contributed by atoms with Crippen molar-refractivity contribution in [3.8, 4) is 18.0 Å². The number of hydrogen-bond acceptors (Lipinski definition) is 23. The largest absolute Gasteiger partial charge is 0.462 e. The zero-order valence-electron chi connectivity index (χ0n) is 73.2. The monoisotopic (exact) mass is 1770 g/mol. The van der Waals surface area contributed by atoms with Crippen molar-refractivity contribution in [3.05, 3.63) is 221 Å². The Balaban J connectivity index is 0.000000161. The quantitative estimate of drug-likeness (QED) is 0.0480. The van der Waals surface area contributed by atoms with Crippen molar-refractivity contribution in [2.75, 3.05) is 188 Å². The van der Waals surface area contributed by atoms with Crippen molar-refractivity contribution in [3.63, 3.8) is 0 Å². The zero-order valence-corrected chi connectivity index (χ0v) is 76.2. The van der Waals surface area contributed by atoms with Gasteiger partial charge in [-0.25, -0.2) is 19.7 Å². The van der Waals surface area contributed by atoms with Crippen LogP contribution >= 0.6 is 40.5 Å². The fraction of sp³-hybridized carbons (Fsp3) is 0.453. The fourth-order valence-electron chi connectivity index (χ4n) is 19.3. The molecule has 0 bridgehead atoms. The summed E-state index contributed by atoms with van der Waals surface area (Å²) in [6.45, 7) is 46.9. The number of likely N-dealkylation sites (tertiary alicyclic amines) is 3. The molecule has 14 heterocycles. The second kappa shape index (κ2) is 43.3. The molecule has 9 aromatic rings. The van der Waals surface area contributed by atoms with E-state index < -0.39 is 0 Å². The molecule has 0 spiro atoms. The van der Waals surface area contributed by atoms with E-state index in [1.54, 1.807) is 22.0 Å². The maximum atomic E-state index is 12.8. The molecule has 32 heteroatoms. The lowest BCUT2D eigenvalue weighted by Crippen LogP contribution is -2.56. The summed E-state index contributed by atoms with van der Waals surface area (Å²) in [6, 6.07) is 37.3. The van der Waals surface area contributed by atoms with E-state index in [1.165, 1.54) is 47.9 Å². The van der Waals surface area contributed by atoms with Crippen molar-refractivity contribution >= 4 is 125 Å². The first kappa shape index (κ1) is 93.1. The molecule has 18 rings (SSSR count). The second-order valence-electron chi connectivity index (χ2n) is 33.6. The fourth-order valence-corrected chi connectivity index (χ4v) is 19.3. The summed E-state index contributed by atoms with van der Waals surface area (Å²) >= 11 is 0. The molecular formula is C95H117N23O6S3. The number of pyridine rings is 2. The Labute approximate surface area is 766 Å². The summed E-state index contributed by atoms with van der Waals surface area (Å²) in [5.41, 5.74) is 11.7. The van der Waals surface area contributed by atoms with Crippen LogP contribution in [0.2, 0.25) is 0 Å². The molecule has 3 amide bonds. The van der Waals surface area contributed by atoms with E-state index in [4.69, 9.17) is 63.8 Å². The molecule has 666 valence electrons. The van der Waals surface area contributed by atoms with Crippen molar-refractivity contribution in [1.29, 1.82) is 0 Å². The highest BCUT2D eigenvalue weighted by Crippen LogP contribution is 2.40. The van der Waals surface area contributed by atoms with Crippen LogP contribution in [0, 0.1) is 19.7 Å². The maximum absolute atomic E-state index is 12.8. The smallest absolute Gasteiger partial charge is 0.318 e. The van der Waals surface area contributed by atoms with E-state index in [-0.39, 0.29) is 96.0 Å². The van der Waals surface area contributed by atoms with E-state index in [1.807, 2.05) is 54.5 Å². The van der Waals surface area contributed by atoms with Gasteiger partial charge in [-0.2, -0.15) is 70.4 Å². The Morgan fingerprint density at radius 1 is 0.409 bits per heavy atom. The summed E-state index contributed by atoms with van der Waals surface area (Å²) < 4.78 is 18.9. The molecule has 6 saturated heterocycles. The highest BCUT2D eigenvalue weighted by molar-refractivity contribution is 7.59. The number of ether oxygens (including phenoxy) is 3. The van der Waals surface area contributed by atoms with Gasteiger partial charge in [0.15, 0.2) is 0 Å². The molecule has 0 radical (unpaired) electrons. The number of nitrogens with zero attached hydrogens (tertiary/aromatic N) is 23. The third-order valence-corrected chi connectivity index (χ3v) is 26.1. The molecule has 6 fully saturated rings. The number of hydrogen-bond donors (Lipinski definition) is 0. The average Bonchev–Trinajstić information content (AvgIpc) is 1.64. The number of piperazine rings is 3. The minimum Gasteiger partial charge on any atom is -0.462 e. The highest BCUT2D eigenvalue weighted by Gasteiger charge is 2.40. The maximum Gasteiger partial charge on any atom is 0.318 e. The van der Waals surface area contributed by atoms with Gasteiger partial charge in [0, 0.05) is 159 Å². The lowest BCUT2D eigenvalue weighted by Gasteiger charge is -2.41. The van der Waals surface area contributed by atoms with Crippen molar-refractivity contribution < 1.29 is 28.6 Å². The Morgan fingerprint density at radius 3 is 1.18 bits per heavy atom. The van der Waals surface area contributed by atoms with Gasteiger partial charge in [0.25, 0.3) is 0 Å². The van der Waals surface area contributed by atoms with E-state index in [0.29, 0.717) is 135 Å². The van der Waals surface area contributed by atoms with Crippen molar-refractivity contribution in [2.45, 2.75) is 121 Å². The number of carbonyl (C=O) groups is 3. The SMILES string of the molecule is S.S.S.[C-]#[N+]CC1CN(c2nc(OC[C@@H]3CCCN3C)nc3c2CCN(c2cccc4ccccc24)C3)CCN1C(=O)/C=C/C.[C-]#[N+]CC1CN(c2nc(OC[C@@H]3CCCN3C)nc3c2CCN(c2cccc4ncccc24)C3)CCN1C(=O)C=C.[C-]#[N+]CC1CN(c2nc(OC[C@@H]3CCCN3C)nc3c2CCN(c2ccnc4ccccc24)C3)CCN1C(=O)C=C. The predicted molar refractivity (Wildman–Crippen MR) is 515 cm³/mol. The van der Waals surface area contributed by atoms with Crippen LogP contribution in [0.1, 0.15) is 79.2 Å². The van der Waals surface area contributed by atoms with Crippen LogP contribution in [0.15, 0.2) is 153 Å². The number of benzene rings is 4. The van der Waals surface area contributed by atoms with Gasteiger partial charge in [0.1, 0.15) is 55.4 Å². The number of carbonyl (C=O) groups excluding carboxylic acids is 3. The van der Waals surface area contributed by atoms with Crippen LogP contribution in [-0.4, -0.2) is 282 Å². The average molecular weight is 1770 g/mol. The Kier molecular flexibility index (Phi) is 31.7. The zero-order chi connectivity index (χ0) is 85.7. The third kappa shape index (κ3) is 21.0. The van der Waals surface area contributed by atoms with E-state index >= 15 is 0 Å². The molecule has 3 unspecified atom stereocenters. The first-order valence-corrected chi connectivity index (χ1v) is 43.8. The van der Waals surface area contributed by atoms with Crippen LogP contribution in [0.4, 0.5) is 34.5 Å². The molecule has 127 heavy (non-hydrogen) atoms. The van der Waals surface area contributed by atoms with Crippen molar-refractivity contribution in [1.82, 2.24) is 69.3 Å². The molecule has 6 atom stereocenters. The standard InChI is InChI=1S/C33H39N7O2.2C31H36N8O2.3H2S/c1-4-9-31(41)40-19-18-39(21-26(40)20-34-2)32-28-15-17-38(30-14-7-11-24-10-5-6-13-27(24)30)22-29(28)35-33(36-32)42-23-25-12-8-16-37(25)3;1-4-29(40)39-17-16-38(19-23(39)18-32-2)30-25-12-15-37(28-11-5-10-26-24(28)9-6-13-33-26)20-27(25)34-31(35-30)41-21-22-8-7-14-36(22)3;1-4-29(40)39-17-16-38(19-23(39)18-32-2)30-25-12-15-37(28-11-13-33-26-10-6-5-9-24(26)28)20-27(25)34-31(35-30)41-21-22-8-7-14-36(22)3;;;/h4-7,9-11,13-14,25-26H,8,12,15-23H2,1,3H3;2*4-6,9-11,13,22-23H,1,7-8,12,14-21H2,3H3;3*1H2/b9-4+;;;;;/t25-,26?;2*22-,23?;;;/m000.../s1. The second-order valence-corrected chi connectivity index (χ2v) is 33.6. The normalized spacial score (nSPS) is 20.6. The van der Waals surface area contributed by atoms with Gasteiger partial charge >= 0.3 is 18.0 Å². The Hall–Kier alpha value is -11.6. The van der Waals surface area contributed by atoms with Gasteiger partial charge in [-0.15, -0.1) is 0 Å². The van der Waals surface area contributed by atoms with E-state index in [2.05, 4.69) is 176 Å². The lowest BCUT2D eigenvalue weighted by molar-refractivity contribution is -0.129. The number of amides is 3. The van der Waals surface area contributed by atoms with Crippen LogP contribution in [0.5, 0.6) is 18.0 Å². The minimum absolute atomic E-state index is 0. The predicted octanol–water partition coefficient (Wildman–Crippen LogP) is 10.9. The first-order valence-electron chi connectivity index (χ1n) is 43.8. The number of rotatable bonds is 21. The number of para-hydroxylation sites is 1. The number of fused-ring (bicyclic) bond motifs is 6. The summed E-state index contributed by atoms with van der Waals surface area (Å²) in [6.07, 6.45) is 18.9. The van der Waals surface area contributed by atoms with Gasteiger partial charge in [-0.1, -0.05) is 79.9 Å². The Morgan fingerprint density at radius 2 is 0.772 bits per heavy atom. The van der Waals surface area contributed by atoms with E-state index in [0.717, 1.165) is 162 Å². The van der Waals surface area contributed by atoms with Gasteiger partial charge < -0.3 is 87.5 Å². The minimum atomic E-state index is -0.225. The topological polar surface area (TPSA) is 234 Å². The molecule has 0 saturated carbocycles. The summed E-state index contributed by atoms with van der Waals surface area (Å²) in [4.78, 5) is 114. The highest BCUT2D eigenvalue weighted by atomic mass is 32.1. The molecule has 9 aliphatic rings. The molecule has 4 aromatic carbocycles. The lowest BCUT2D eigenvalue weighted by atomic mass is 10.0. The Bertz CT molecular complexity index is 5340. The van der Waals surface area contributed by atoms with Crippen molar-refractivity contribution in [2.24, 2.45) is 0 Å². The summed E-state index contributed by atoms with van der Waals surface area (Å²) in [5, 5.41) is 4.71. The van der Waals surface area contributed by atoms with Crippen LogP contribution in [-0.2, 0) is 53.3 Å². The molecule has 0 N–H and O–H groups in total. The summed E-state index contributed by atoms with van der Waals surface area (Å²) in [5.74, 6) is 2.32. The first-order chi connectivity index (χ1) is 60.7.